The zero-order valence-electron chi connectivity index (χ0n) is 14.2. The van der Waals surface area contributed by atoms with Crippen LogP contribution >= 0.6 is 0 Å². The molecule has 128 valence electrons. The average Bonchev–Trinajstić information content (AvgIpc) is 2.60. The lowest BCUT2D eigenvalue weighted by Crippen LogP contribution is -2.49. The van der Waals surface area contributed by atoms with Gasteiger partial charge in [0.25, 0.3) is 0 Å². The second kappa shape index (κ2) is 8.89. The van der Waals surface area contributed by atoms with Gasteiger partial charge >= 0.3 is 6.03 Å². The van der Waals surface area contributed by atoms with Crippen molar-refractivity contribution in [2.45, 2.75) is 32.4 Å². The van der Waals surface area contributed by atoms with E-state index in [1.807, 2.05) is 23.1 Å². The van der Waals surface area contributed by atoms with Crippen LogP contribution in [-0.2, 0) is 6.54 Å². The van der Waals surface area contributed by atoms with Crippen LogP contribution in [0.1, 0.15) is 25.3 Å². The third-order valence-electron chi connectivity index (χ3n) is 4.64. The highest BCUT2D eigenvalue weighted by Crippen LogP contribution is 2.15. The lowest BCUT2D eigenvalue weighted by Gasteiger charge is -2.33. The van der Waals surface area contributed by atoms with Crippen LogP contribution in [0.3, 0.4) is 0 Å². The number of hydrogen-bond acceptors (Lipinski definition) is 3. The molecule has 0 aromatic heterocycles. The van der Waals surface area contributed by atoms with Gasteiger partial charge in [0.2, 0.25) is 0 Å². The van der Waals surface area contributed by atoms with Crippen molar-refractivity contribution in [2.75, 3.05) is 33.3 Å². The molecule has 1 aromatic carbocycles. The topological polar surface area (TPSA) is 55.8 Å². The highest BCUT2D eigenvalue weighted by Gasteiger charge is 2.23. The summed E-state index contributed by atoms with van der Waals surface area (Å²) in [6.07, 6.45) is 1.98. The zero-order valence-corrected chi connectivity index (χ0v) is 14.2. The van der Waals surface area contributed by atoms with Crippen LogP contribution in [0.5, 0.6) is 0 Å². The molecule has 2 N–H and O–H groups in total. The van der Waals surface area contributed by atoms with E-state index in [0.29, 0.717) is 13.1 Å². The SMILES string of the molecule is CC(CNC(=O)N1CCCC(CO)C1)N(C)Cc1ccccc1. The fourth-order valence-electron chi connectivity index (χ4n) is 2.93. The number of likely N-dealkylation sites (N-methyl/N-ethyl adjacent to an activating group) is 1. The molecular formula is C18H29N3O2. The van der Waals surface area contributed by atoms with E-state index in [4.69, 9.17) is 0 Å². The maximum atomic E-state index is 12.3. The van der Waals surface area contributed by atoms with Crippen molar-refractivity contribution in [1.29, 1.82) is 0 Å². The van der Waals surface area contributed by atoms with Crippen LogP contribution in [0, 0.1) is 5.92 Å². The molecule has 2 amide bonds. The number of nitrogens with one attached hydrogen (secondary N) is 1. The number of aliphatic hydroxyl groups excluding tert-OH is 1. The van der Waals surface area contributed by atoms with Gasteiger partial charge in [-0.15, -0.1) is 0 Å². The Morgan fingerprint density at radius 1 is 1.43 bits per heavy atom. The van der Waals surface area contributed by atoms with Crippen LogP contribution in [0.2, 0.25) is 0 Å². The normalized spacial score (nSPS) is 19.7. The molecule has 1 fully saturated rings. The summed E-state index contributed by atoms with van der Waals surface area (Å²) < 4.78 is 0. The number of carbonyl (C=O) groups excluding carboxylic acids is 1. The molecule has 2 atom stereocenters. The van der Waals surface area contributed by atoms with Gasteiger partial charge in [0.1, 0.15) is 0 Å². The van der Waals surface area contributed by atoms with Gasteiger partial charge in [-0.2, -0.15) is 0 Å². The highest BCUT2D eigenvalue weighted by molar-refractivity contribution is 5.74. The summed E-state index contributed by atoms with van der Waals surface area (Å²) in [5.41, 5.74) is 1.27. The van der Waals surface area contributed by atoms with Crippen molar-refractivity contribution in [3.05, 3.63) is 35.9 Å². The smallest absolute Gasteiger partial charge is 0.317 e. The molecule has 1 aliphatic heterocycles. The Morgan fingerprint density at radius 2 is 2.17 bits per heavy atom. The number of urea groups is 1. The fourth-order valence-corrected chi connectivity index (χ4v) is 2.93. The number of carbonyl (C=O) groups is 1. The summed E-state index contributed by atoms with van der Waals surface area (Å²) in [4.78, 5) is 16.3. The Labute approximate surface area is 139 Å². The third-order valence-corrected chi connectivity index (χ3v) is 4.64. The Bertz CT molecular complexity index is 480. The fraction of sp³-hybridized carbons (Fsp3) is 0.611. The van der Waals surface area contributed by atoms with E-state index in [-0.39, 0.29) is 24.6 Å². The van der Waals surface area contributed by atoms with Crippen molar-refractivity contribution in [1.82, 2.24) is 15.1 Å². The van der Waals surface area contributed by atoms with Gasteiger partial charge in [-0.3, -0.25) is 4.90 Å². The predicted octanol–water partition coefficient (Wildman–Crippen LogP) is 1.92. The van der Waals surface area contributed by atoms with E-state index in [2.05, 4.69) is 36.3 Å². The van der Waals surface area contributed by atoms with Crippen molar-refractivity contribution in [3.63, 3.8) is 0 Å². The summed E-state index contributed by atoms with van der Waals surface area (Å²) in [7, 11) is 2.08. The highest BCUT2D eigenvalue weighted by atomic mass is 16.3. The van der Waals surface area contributed by atoms with Gasteiger partial charge in [-0.25, -0.2) is 4.79 Å². The average molecular weight is 319 g/mol. The molecule has 1 aromatic rings. The van der Waals surface area contributed by atoms with Crippen molar-refractivity contribution < 1.29 is 9.90 Å². The van der Waals surface area contributed by atoms with E-state index in [0.717, 1.165) is 25.9 Å². The van der Waals surface area contributed by atoms with E-state index in [1.54, 1.807) is 0 Å². The van der Waals surface area contributed by atoms with E-state index in [1.165, 1.54) is 5.56 Å². The molecule has 5 nitrogen and oxygen atoms in total. The molecular weight excluding hydrogens is 290 g/mol. The number of benzene rings is 1. The first kappa shape index (κ1) is 17.8. The lowest BCUT2D eigenvalue weighted by atomic mass is 9.99. The summed E-state index contributed by atoms with van der Waals surface area (Å²) in [5.74, 6) is 0.229. The maximum absolute atomic E-state index is 12.3. The molecule has 5 heteroatoms. The largest absolute Gasteiger partial charge is 0.396 e. The van der Waals surface area contributed by atoms with Gasteiger partial charge in [0, 0.05) is 38.8 Å². The van der Waals surface area contributed by atoms with Gasteiger partial charge in [0.15, 0.2) is 0 Å². The first-order valence-corrected chi connectivity index (χ1v) is 8.48. The quantitative estimate of drug-likeness (QED) is 0.842. The van der Waals surface area contributed by atoms with Crippen molar-refractivity contribution >= 4 is 6.03 Å². The van der Waals surface area contributed by atoms with E-state index in [9.17, 15) is 9.90 Å². The van der Waals surface area contributed by atoms with E-state index < -0.39 is 0 Å². The molecule has 0 aliphatic carbocycles. The molecule has 1 heterocycles. The minimum atomic E-state index is -0.0110. The number of piperidine rings is 1. The Kier molecular flexibility index (Phi) is 6.86. The van der Waals surface area contributed by atoms with Crippen LogP contribution in [0.25, 0.3) is 0 Å². The first-order chi connectivity index (χ1) is 11.1. The number of rotatable bonds is 6. The number of nitrogens with zero attached hydrogens (tertiary/aromatic N) is 2. The third kappa shape index (κ3) is 5.52. The molecule has 1 saturated heterocycles. The second-order valence-electron chi connectivity index (χ2n) is 6.57. The molecule has 0 bridgehead atoms. The molecule has 23 heavy (non-hydrogen) atoms. The van der Waals surface area contributed by atoms with Gasteiger partial charge in [-0.1, -0.05) is 30.3 Å². The predicted molar refractivity (Wildman–Crippen MR) is 92.2 cm³/mol. The zero-order chi connectivity index (χ0) is 16.7. The van der Waals surface area contributed by atoms with Gasteiger partial charge < -0.3 is 15.3 Å². The van der Waals surface area contributed by atoms with E-state index >= 15 is 0 Å². The Hall–Kier alpha value is -1.59. The van der Waals surface area contributed by atoms with Crippen LogP contribution < -0.4 is 5.32 Å². The second-order valence-corrected chi connectivity index (χ2v) is 6.57. The lowest BCUT2D eigenvalue weighted by molar-refractivity contribution is 0.128. The number of amides is 2. The minimum Gasteiger partial charge on any atom is -0.396 e. The standard InChI is InChI=1S/C18H29N3O2/c1-15(20(2)12-16-7-4-3-5-8-16)11-19-18(23)21-10-6-9-17(13-21)14-22/h3-5,7-8,15,17,22H,6,9-14H2,1-2H3,(H,19,23). The van der Waals surface area contributed by atoms with Crippen molar-refractivity contribution in [2.24, 2.45) is 5.92 Å². The van der Waals surface area contributed by atoms with Crippen LogP contribution in [0.15, 0.2) is 30.3 Å². The van der Waals surface area contributed by atoms with Gasteiger partial charge in [0.05, 0.1) is 0 Å². The molecule has 0 saturated carbocycles. The molecule has 2 unspecified atom stereocenters. The molecule has 2 rings (SSSR count). The monoisotopic (exact) mass is 319 g/mol. The molecule has 1 aliphatic rings. The maximum Gasteiger partial charge on any atom is 0.317 e. The van der Waals surface area contributed by atoms with Crippen LogP contribution in [0.4, 0.5) is 4.79 Å². The Balaban J connectivity index is 1.74. The summed E-state index contributed by atoms with van der Waals surface area (Å²) in [6.45, 7) is 5.24. The number of aliphatic hydroxyl groups is 1. The summed E-state index contributed by atoms with van der Waals surface area (Å²) in [5, 5.41) is 12.3. The first-order valence-electron chi connectivity index (χ1n) is 8.48. The van der Waals surface area contributed by atoms with Gasteiger partial charge in [-0.05, 0) is 38.3 Å². The number of hydrogen-bond donors (Lipinski definition) is 2. The molecule has 0 spiro atoms. The number of likely N-dealkylation sites (tertiary alicyclic amines) is 1. The summed E-state index contributed by atoms with van der Waals surface area (Å²) in [6, 6.07) is 10.6. The van der Waals surface area contributed by atoms with Crippen molar-refractivity contribution in [3.8, 4) is 0 Å². The molecule has 0 radical (unpaired) electrons. The summed E-state index contributed by atoms with van der Waals surface area (Å²) >= 11 is 0. The van der Waals surface area contributed by atoms with Crippen LogP contribution in [-0.4, -0.2) is 60.3 Å². The Morgan fingerprint density at radius 3 is 2.87 bits per heavy atom. The minimum absolute atomic E-state index is 0.0110.